The molecule has 0 spiro atoms. The maximum Gasteiger partial charge on any atom is 0.312 e. The number of hydrogen-bond acceptors (Lipinski definition) is 4. The number of rotatable bonds is 8. The number of fused-ring (bicyclic) bond motifs is 1. The van der Waals surface area contributed by atoms with Crippen LogP contribution in [0.25, 0.3) is 0 Å². The summed E-state index contributed by atoms with van der Waals surface area (Å²) >= 11 is 0. The summed E-state index contributed by atoms with van der Waals surface area (Å²) in [6.07, 6.45) is 2.54. The highest BCUT2D eigenvalue weighted by atomic mass is 16.7. The number of carbonyl (C=O) groups is 1. The first-order chi connectivity index (χ1) is 13.0. The van der Waals surface area contributed by atoms with Gasteiger partial charge in [-0.15, -0.1) is 0 Å². The molecule has 0 saturated carbocycles. The third kappa shape index (κ3) is 4.92. The fourth-order valence-corrected chi connectivity index (χ4v) is 3.42. The van der Waals surface area contributed by atoms with E-state index in [-0.39, 0.29) is 6.79 Å². The highest BCUT2D eigenvalue weighted by molar-refractivity contribution is 5.71. The molecular formula is C21H27N3O3. The fourth-order valence-electron chi connectivity index (χ4n) is 3.42. The van der Waals surface area contributed by atoms with Crippen LogP contribution in [-0.2, 0) is 19.3 Å². The van der Waals surface area contributed by atoms with E-state index in [9.17, 15) is 4.79 Å². The molecule has 1 heterocycles. The lowest BCUT2D eigenvalue weighted by Crippen LogP contribution is -2.33. The number of amides is 2. The average molecular weight is 369 g/mol. The first-order valence-electron chi connectivity index (χ1n) is 9.18. The first kappa shape index (κ1) is 19.0. The van der Waals surface area contributed by atoms with Crippen molar-refractivity contribution in [2.75, 3.05) is 27.4 Å². The summed E-state index contributed by atoms with van der Waals surface area (Å²) in [5.74, 6) is 1.69. The molecule has 144 valence electrons. The number of para-hydroxylation sites is 1. The number of primary amides is 1. The summed E-state index contributed by atoms with van der Waals surface area (Å²) < 4.78 is 11.2. The zero-order valence-corrected chi connectivity index (χ0v) is 15.9. The number of carbonyl (C=O) groups excluding carboxylic acids is 1. The Hall–Kier alpha value is -2.73. The highest BCUT2D eigenvalue weighted by Crippen LogP contribution is 2.36. The van der Waals surface area contributed by atoms with Gasteiger partial charge in [0.15, 0.2) is 11.5 Å². The Bertz CT molecular complexity index is 792. The molecule has 0 aromatic heterocycles. The SMILES string of the molecule is CN(C)C(Cc1ccccc1CCNC(N)=O)Cc1cccc2c1OCO2. The number of nitrogens with one attached hydrogen (secondary N) is 1. The summed E-state index contributed by atoms with van der Waals surface area (Å²) in [7, 11) is 4.20. The molecule has 0 fully saturated rings. The molecule has 1 aliphatic rings. The number of urea groups is 1. The summed E-state index contributed by atoms with van der Waals surface area (Å²) in [6.45, 7) is 0.824. The summed E-state index contributed by atoms with van der Waals surface area (Å²) in [5, 5.41) is 2.66. The van der Waals surface area contributed by atoms with Crippen LogP contribution < -0.4 is 20.5 Å². The molecule has 2 aromatic rings. The van der Waals surface area contributed by atoms with E-state index >= 15 is 0 Å². The molecule has 2 aromatic carbocycles. The van der Waals surface area contributed by atoms with Gasteiger partial charge in [0.25, 0.3) is 0 Å². The standard InChI is InChI=1S/C21H27N3O3/c1-24(2)18(13-17-8-5-9-19-20(17)27-14-26-19)12-16-7-4-3-6-15(16)10-11-23-21(22)25/h3-9,18H,10-14H2,1-2H3,(H3,22,23,25). The van der Waals surface area contributed by atoms with Gasteiger partial charge in [0.2, 0.25) is 6.79 Å². The molecule has 1 aliphatic heterocycles. The second-order valence-electron chi connectivity index (χ2n) is 6.99. The Kier molecular flexibility index (Phi) is 6.19. The normalized spacial score (nSPS) is 13.6. The zero-order chi connectivity index (χ0) is 19.2. The van der Waals surface area contributed by atoms with Gasteiger partial charge in [-0.1, -0.05) is 36.4 Å². The van der Waals surface area contributed by atoms with Crippen molar-refractivity contribution in [3.8, 4) is 11.5 Å². The van der Waals surface area contributed by atoms with Crippen molar-refractivity contribution in [3.63, 3.8) is 0 Å². The van der Waals surface area contributed by atoms with E-state index in [0.29, 0.717) is 12.6 Å². The van der Waals surface area contributed by atoms with Gasteiger partial charge in [-0.2, -0.15) is 0 Å². The Morgan fingerprint density at radius 1 is 1.07 bits per heavy atom. The van der Waals surface area contributed by atoms with Crippen LogP contribution >= 0.6 is 0 Å². The van der Waals surface area contributed by atoms with Crippen LogP contribution in [0.3, 0.4) is 0 Å². The van der Waals surface area contributed by atoms with Crippen LogP contribution in [-0.4, -0.2) is 44.4 Å². The van der Waals surface area contributed by atoms with Crippen molar-refractivity contribution < 1.29 is 14.3 Å². The molecule has 3 rings (SSSR count). The largest absolute Gasteiger partial charge is 0.454 e. The van der Waals surface area contributed by atoms with Gasteiger partial charge >= 0.3 is 6.03 Å². The minimum Gasteiger partial charge on any atom is -0.454 e. The van der Waals surface area contributed by atoms with Gasteiger partial charge in [-0.3, -0.25) is 0 Å². The van der Waals surface area contributed by atoms with Crippen molar-refractivity contribution >= 4 is 6.03 Å². The van der Waals surface area contributed by atoms with Crippen LogP contribution in [0.1, 0.15) is 16.7 Å². The van der Waals surface area contributed by atoms with E-state index in [1.807, 2.05) is 18.2 Å². The molecule has 3 N–H and O–H groups in total. The first-order valence-corrected chi connectivity index (χ1v) is 9.18. The number of benzene rings is 2. The van der Waals surface area contributed by atoms with E-state index in [0.717, 1.165) is 36.3 Å². The van der Waals surface area contributed by atoms with Gasteiger partial charge in [0.1, 0.15) is 0 Å². The van der Waals surface area contributed by atoms with E-state index < -0.39 is 6.03 Å². The van der Waals surface area contributed by atoms with Crippen molar-refractivity contribution in [1.29, 1.82) is 0 Å². The minimum absolute atomic E-state index is 0.286. The number of likely N-dealkylation sites (N-methyl/N-ethyl adjacent to an activating group) is 1. The molecule has 0 saturated heterocycles. The van der Waals surface area contributed by atoms with E-state index in [2.05, 4.69) is 48.6 Å². The Morgan fingerprint density at radius 3 is 2.52 bits per heavy atom. The smallest absolute Gasteiger partial charge is 0.312 e. The lowest BCUT2D eigenvalue weighted by molar-refractivity contribution is 0.172. The molecule has 0 radical (unpaired) electrons. The topological polar surface area (TPSA) is 76.8 Å². The van der Waals surface area contributed by atoms with Gasteiger partial charge < -0.3 is 25.4 Å². The lowest BCUT2D eigenvalue weighted by Gasteiger charge is -2.26. The minimum atomic E-state index is -0.487. The highest BCUT2D eigenvalue weighted by Gasteiger charge is 2.22. The second kappa shape index (κ2) is 8.77. The average Bonchev–Trinajstić information content (AvgIpc) is 3.12. The molecule has 27 heavy (non-hydrogen) atoms. The van der Waals surface area contributed by atoms with Crippen molar-refractivity contribution in [3.05, 3.63) is 59.2 Å². The van der Waals surface area contributed by atoms with Crippen LogP contribution in [0, 0.1) is 0 Å². The lowest BCUT2D eigenvalue weighted by atomic mass is 9.93. The molecule has 1 unspecified atom stereocenters. The number of hydrogen-bond donors (Lipinski definition) is 2. The summed E-state index contributed by atoms with van der Waals surface area (Å²) in [4.78, 5) is 13.2. The number of nitrogens with zero attached hydrogens (tertiary/aromatic N) is 1. The monoisotopic (exact) mass is 369 g/mol. The van der Waals surface area contributed by atoms with E-state index in [1.165, 1.54) is 11.1 Å². The second-order valence-corrected chi connectivity index (χ2v) is 6.99. The Balaban J connectivity index is 1.74. The maximum absolute atomic E-state index is 10.9. The van der Waals surface area contributed by atoms with Crippen molar-refractivity contribution in [2.45, 2.75) is 25.3 Å². The number of ether oxygens (including phenoxy) is 2. The third-order valence-electron chi connectivity index (χ3n) is 4.93. The van der Waals surface area contributed by atoms with Gasteiger partial charge in [0.05, 0.1) is 0 Å². The predicted molar refractivity (Wildman–Crippen MR) is 105 cm³/mol. The molecule has 0 bridgehead atoms. The third-order valence-corrected chi connectivity index (χ3v) is 4.93. The van der Waals surface area contributed by atoms with Crippen LogP contribution in [0.15, 0.2) is 42.5 Å². The van der Waals surface area contributed by atoms with Crippen molar-refractivity contribution in [1.82, 2.24) is 10.2 Å². The molecule has 0 aliphatic carbocycles. The van der Waals surface area contributed by atoms with Crippen LogP contribution in [0.2, 0.25) is 0 Å². The summed E-state index contributed by atoms with van der Waals surface area (Å²) in [6, 6.07) is 14.2. The molecule has 6 nitrogen and oxygen atoms in total. The predicted octanol–water partition coefficient (Wildman–Crippen LogP) is 2.34. The van der Waals surface area contributed by atoms with Gasteiger partial charge in [-0.05, 0) is 56.1 Å². The molecule has 1 atom stereocenters. The number of nitrogens with two attached hydrogens (primary N) is 1. The van der Waals surface area contributed by atoms with Crippen LogP contribution in [0.5, 0.6) is 11.5 Å². The van der Waals surface area contributed by atoms with Gasteiger partial charge in [0, 0.05) is 12.6 Å². The Labute approximate surface area is 160 Å². The maximum atomic E-state index is 10.9. The molecular weight excluding hydrogens is 342 g/mol. The zero-order valence-electron chi connectivity index (χ0n) is 15.9. The van der Waals surface area contributed by atoms with Crippen molar-refractivity contribution in [2.24, 2.45) is 5.73 Å². The van der Waals surface area contributed by atoms with E-state index in [4.69, 9.17) is 15.2 Å². The molecule has 6 heteroatoms. The molecule has 2 amide bonds. The Morgan fingerprint density at radius 2 is 1.78 bits per heavy atom. The quantitative estimate of drug-likeness (QED) is 0.749. The fraction of sp³-hybridized carbons (Fsp3) is 0.381. The van der Waals surface area contributed by atoms with Crippen LogP contribution in [0.4, 0.5) is 4.79 Å². The summed E-state index contributed by atoms with van der Waals surface area (Å²) in [5.41, 5.74) is 8.85. The van der Waals surface area contributed by atoms with Gasteiger partial charge in [-0.25, -0.2) is 4.79 Å². The van der Waals surface area contributed by atoms with E-state index in [1.54, 1.807) is 0 Å².